The van der Waals surface area contributed by atoms with Crippen molar-refractivity contribution in [3.63, 3.8) is 0 Å². The van der Waals surface area contributed by atoms with Crippen LogP contribution in [0.2, 0.25) is 10.0 Å². The Bertz CT molecular complexity index is 1060. The molecular weight excluding hydrogens is 550 g/mol. The minimum atomic E-state index is -2.36. The van der Waals surface area contributed by atoms with Crippen molar-refractivity contribution >= 4 is 71.8 Å². The lowest BCUT2D eigenvalue weighted by Crippen LogP contribution is -2.63. The molecule has 1 saturated heterocycles. The molecule has 202 valence electrons. The molecule has 0 aliphatic carbocycles. The summed E-state index contributed by atoms with van der Waals surface area (Å²) < 4.78 is 10.7. The Balaban J connectivity index is 2.29. The number of carboxylic acids is 2. The molecule has 1 aromatic rings. The van der Waals surface area contributed by atoms with Crippen LogP contribution in [0.3, 0.4) is 0 Å². The van der Waals surface area contributed by atoms with Crippen LogP contribution in [0, 0.1) is 5.92 Å². The number of carbonyl (C=O) groups is 5. The van der Waals surface area contributed by atoms with Gasteiger partial charge in [0.15, 0.2) is 5.60 Å². The summed E-state index contributed by atoms with van der Waals surface area (Å²) in [6.07, 6.45) is 0.122. The third-order valence-electron chi connectivity index (χ3n) is 5.36. The van der Waals surface area contributed by atoms with Crippen molar-refractivity contribution in [2.75, 3.05) is 12.0 Å². The van der Waals surface area contributed by atoms with E-state index in [0.29, 0.717) is 0 Å². The molecule has 1 aliphatic heterocycles. The van der Waals surface area contributed by atoms with E-state index < -0.39 is 67.3 Å². The zero-order valence-corrected chi connectivity index (χ0v) is 22.6. The van der Waals surface area contributed by atoms with Crippen molar-refractivity contribution in [2.45, 2.75) is 50.7 Å². The quantitative estimate of drug-likeness (QED) is 0.271. The van der Waals surface area contributed by atoms with Gasteiger partial charge >= 0.3 is 19.1 Å². The van der Waals surface area contributed by atoms with E-state index >= 15 is 0 Å². The Hall–Kier alpha value is -2.48. The Morgan fingerprint density at radius 1 is 1.19 bits per heavy atom. The number of halogens is 2. The lowest BCUT2D eigenvalue weighted by Gasteiger charge is -2.38. The Labute approximate surface area is 228 Å². The molecule has 1 aromatic carbocycles. The number of carbonyl (C=O) groups excluding carboxylic acids is 3. The summed E-state index contributed by atoms with van der Waals surface area (Å²) in [6, 6.07) is 3.26. The Morgan fingerprint density at radius 3 is 2.43 bits per heavy atom. The van der Waals surface area contributed by atoms with Crippen LogP contribution in [0.25, 0.3) is 0 Å². The molecule has 0 aromatic heterocycles. The van der Waals surface area contributed by atoms with Crippen LogP contribution in [-0.2, 0) is 28.5 Å². The van der Waals surface area contributed by atoms with Crippen molar-refractivity contribution in [3.8, 4) is 0 Å². The first kappa shape index (κ1) is 30.7. The highest BCUT2D eigenvalue weighted by Crippen LogP contribution is 2.30. The second-order valence-electron chi connectivity index (χ2n) is 8.87. The van der Waals surface area contributed by atoms with Crippen LogP contribution in [0.5, 0.6) is 0 Å². The summed E-state index contributed by atoms with van der Waals surface area (Å²) in [7, 11) is -1.57. The fraction of sp³-hybridized carbons (Fsp3) is 0.500. The average molecular weight is 577 g/mol. The van der Waals surface area contributed by atoms with Gasteiger partial charge in [-0.05, 0) is 36.8 Å². The molecule has 0 saturated carbocycles. The maximum absolute atomic E-state index is 13.2. The zero-order valence-electron chi connectivity index (χ0n) is 20.3. The van der Waals surface area contributed by atoms with Crippen molar-refractivity contribution in [1.29, 1.82) is 0 Å². The van der Waals surface area contributed by atoms with E-state index in [2.05, 4.69) is 10.6 Å². The van der Waals surface area contributed by atoms with Gasteiger partial charge in [0.2, 0.25) is 5.91 Å². The number of carboxylic acid groups (broad SMARTS) is 2. The van der Waals surface area contributed by atoms with E-state index in [-0.39, 0.29) is 33.7 Å². The molecule has 1 aliphatic rings. The van der Waals surface area contributed by atoms with Gasteiger partial charge in [-0.15, -0.1) is 0 Å². The number of nitrogens with one attached hydrogen (secondary N) is 2. The Kier molecular flexibility index (Phi) is 11.1. The van der Waals surface area contributed by atoms with E-state index in [4.69, 9.17) is 32.5 Å². The second kappa shape index (κ2) is 13.4. The highest BCUT2D eigenvalue weighted by atomic mass is 35.5. The summed E-state index contributed by atoms with van der Waals surface area (Å²) in [4.78, 5) is 61.6. The van der Waals surface area contributed by atoms with Crippen molar-refractivity contribution in [3.05, 3.63) is 33.8 Å². The summed E-state index contributed by atoms with van der Waals surface area (Å²) in [5.41, 5.74) is -2.29. The van der Waals surface area contributed by atoms with Gasteiger partial charge in [0.1, 0.15) is 6.04 Å². The van der Waals surface area contributed by atoms with Crippen LogP contribution in [-0.4, -0.2) is 76.6 Å². The van der Waals surface area contributed by atoms with Gasteiger partial charge in [-0.2, -0.15) is 11.8 Å². The van der Waals surface area contributed by atoms with Gasteiger partial charge in [-0.3, -0.25) is 19.2 Å². The monoisotopic (exact) mass is 576 g/mol. The van der Waals surface area contributed by atoms with Crippen LogP contribution in [0.15, 0.2) is 18.2 Å². The van der Waals surface area contributed by atoms with E-state index in [0.717, 1.165) is 0 Å². The molecule has 0 bridgehead atoms. The largest absolute Gasteiger partial charge is 0.552 e. The fourth-order valence-electron chi connectivity index (χ4n) is 3.69. The molecule has 2 rings (SSSR count). The number of hydrogen-bond donors (Lipinski definition) is 4. The number of benzene rings is 1. The number of hydrogen-bond acceptors (Lipinski definition) is 8. The topological polar surface area (TPSA) is 168 Å². The van der Waals surface area contributed by atoms with Crippen LogP contribution in [0.4, 0.5) is 0 Å². The van der Waals surface area contributed by atoms with Crippen molar-refractivity contribution in [1.82, 2.24) is 10.6 Å². The third-order valence-corrected chi connectivity index (χ3v) is 6.59. The highest BCUT2D eigenvalue weighted by molar-refractivity contribution is 7.98. The normalized spacial score (nSPS) is 19.1. The smallest absolute Gasteiger partial charge is 0.508 e. The summed E-state index contributed by atoms with van der Waals surface area (Å²) >= 11 is 13.3. The number of amides is 2. The van der Waals surface area contributed by atoms with Crippen LogP contribution in [0.1, 0.15) is 43.5 Å². The zero-order chi connectivity index (χ0) is 27.9. The van der Waals surface area contributed by atoms with Gasteiger partial charge in [-0.1, -0.05) is 37.0 Å². The fourth-order valence-corrected chi connectivity index (χ4v) is 4.64. The van der Waals surface area contributed by atoms with Crippen LogP contribution >= 0.6 is 35.0 Å². The number of thioether (sulfide) groups is 1. The molecule has 15 heteroatoms. The third kappa shape index (κ3) is 8.52. The minimum absolute atomic E-state index is 0.0660. The standard InChI is InChI=1S/C22H27BCl2N2O9S/c1-11(2)6-16(23-35-18(30)9-22(36-23,21(33)34)8-17(28)29)27-20(32)15(10-37-3)26-19(31)13-7-12(24)4-5-14(13)25/h4-5,7,11,15-16H,6,8-10H2,1-3H3,(H,26,31)(H,27,32)(H,28,29)(H,33,34)/t15-,16-,22?/m0/s1. The maximum atomic E-state index is 13.2. The van der Waals surface area contributed by atoms with E-state index in [1.54, 1.807) is 6.26 Å². The number of rotatable bonds is 12. The van der Waals surface area contributed by atoms with E-state index in [1.807, 2.05) is 13.8 Å². The molecule has 4 N–H and O–H groups in total. The molecule has 11 nitrogen and oxygen atoms in total. The van der Waals surface area contributed by atoms with Gasteiger partial charge in [0.25, 0.3) is 11.9 Å². The minimum Gasteiger partial charge on any atom is -0.508 e. The lowest BCUT2D eigenvalue weighted by molar-refractivity contribution is -0.175. The first-order chi connectivity index (χ1) is 17.3. The first-order valence-electron chi connectivity index (χ1n) is 11.2. The van der Waals surface area contributed by atoms with Gasteiger partial charge in [0, 0.05) is 10.8 Å². The lowest BCUT2D eigenvalue weighted by atomic mass is 9.70. The summed E-state index contributed by atoms with van der Waals surface area (Å²) in [5, 5.41) is 24.5. The van der Waals surface area contributed by atoms with Gasteiger partial charge in [0.05, 0.1) is 29.4 Å². The highest BCUT2D eigenvalue weighted by Gasteiger charge is 2.54. The second-order valence-corrected chi connectivity index (χ2v) is 10.6. The van der Waals surface area contributed by atoms with Crippen molar-refractivity contribution in [2.24, 2.45) is 5.92 Å². The molecule has 0 spiro atoms. The predicted molar refractivity (Wildman–Crippen MR) is 138 cm³/mol. The Morgan fingerprint density at radius 2 is 1.86 bits per heavy atom. The van der Waals surface area contributed by atoms with Crippen molar-refractivity contribution < 1.29 is 43.5 Å². The summed E-state index contributed by atoms with van der Waals surface area (Å²) in [5.74, 6) is -6.36. The number of aliphatic carboxylic acids is 2. The van der Waals surface area contributed by atoms with Gasteiger partial charge in [-0.25, -0.2) is 4.79 Å². The molecule has 3 atom stereocenters. The predicted octanol–water partition coefficient (Wildman–Crippen LogP) is 2.27. The molecule has 37 heavy (non-hydrogen) atoms. The van der Waals surface area contributed by atoms with Crippen LogP contribution < -0.4 is 10.6 Å². The molecule has 1 unspecified atom stereocenters. The first-order valence-corrected chi connectivity index (χ1v) is 13.3. The summed E-state index contributed by atoms with van der Waals surface area (Å²) in [6.45, 7) is 3.63. The van der Waals surface area contributed by atoms with E-state index in [1.165, 1.54) is 30.0 Å². The molecule has 1 fully saturated rings. The molecule has 1 heterocycles. The SMILES string of the molecule is CSC[C@H](NC(=O)c1cc(Cl)ccc1Cl)C(=O)N[C@@H](CC(C)C)B1OC(=O)CC(CC(=O)O)(C(=O)O)O1. The molecular formula is C22H27BCl2N2O9S. The average Bonchev–Trinajstić information content (AvgIpc) is 2.78. The van der Waals surface area contributed by atoms with E-state index in [9.17, 15) is 34.2 Å². The molecule has 2 amide bonds. The molecule has 0 radical (unpaired) electrons. The maximum Gasteiger partial charge on any atom is 0.552 e. The van der Waals surface area contributed by atoms with Gasteiger partial charge < -0.3 is 30.2 Å².